The highest BCUT2D eigenvalue weighted by Gasteiger charge is 2.37. The Hall–Kier alpha value is -1.57. The topological polar surface area (TPSA) is 73.2 Å². The zero-order valence-electron chi connectivity index (χ0n) is 11.2. The smallest absolute Gasteiger partial charge is 0.226 e. The monoisotopic (exact) mass is 263 g/mol. The van der Waals surface area contributed by atoms with Crippen LogP contribution in [0, 0.1) is 17.2 Å². The van der Waals surface area contributed by atoms with E-state index in [9.17, 15) is 9.59 Å². The van der Waals surface area contributed by atoms with E-state index in [1.165, 1.54) is 25.7 Å². The summed E-state index contributed by atoms with van der Waals surface area (Å²) in [5.74, 6) is -0.334. The normalized spacial score (nSPS) is 24.9. The largest absolute Gasteiger partial charge is 0.343 e. The van der Waals surface area contributed by atoms with E-state index in [4.69, 9.17) is 5.26 Å². The number of nitriles is 1. The first-order valence-corrected chi connectivity index (χ1v) is 7.16. The van der Waals surface area contributed by atoms with Gasteiger partial charge in [-0.05, 0) is 12.8 Å². The van der Waals surface area contributed by atoms with E-state index in [0.29, 0.717) is 19.0 Å². The number of nitrogens with zero attached hydrogens (tertiary/aromatic N) is 2. The maximum absolute atomic E-state index is 12.1. The molecule has 5 nitrogen and oxygen atoms in total. The number of nitrogens with one attached hydrogen (secondary N) is 1. The van der Waals surface area contributed by atoms with Gasteiger partial charge in [-0.3, -0.25) is 9.59 Å². The van der Waals surface area contributed by atoms with Gasteiger partial charge in [-0.15, -0.1) is 0 Å². The molecule has 0 aromatic carbocycles. The van der Waals surface area contributed by atoms with Gasteiger partial charge >= 0.3 is 0 Å². The summed E-state index contributed by atoms with van der Waals surface area (Å²) in [6.45, 7) is 0.549. The second-order valence-corrected chi connectivity index (χ2v) is 5.47. The maximum atomic E-state index is 12.1. The summed E-state index contributed by atoms with van der Waals surface area (Å²) in [4.78, 5) is 25.8. The van der Waals surface area contributed by atoms with Gasteiger partial charge in [-0.1, -0.05) is 25.7 Å². The van der Waals surface area contributed by atoms with E-state index in [2.05, 4.69) is 5.32 Å². The fourth-order valence-corrected chi connectivity index (χ4v) is 3.10. The molecule has 1 N–H and O–H groups in total. The Balaban J connectivity index is 1.91. The Bertz CT molecular complexity index is 381. The molecule has 1 aliphatic carbocycles. The highest BCUT2D eigenvalue weighted by Crippen LogP contribution is 2.28. The van der Waals surface area contributed by atoms with Crippen LogP contribution < -0.4 is 5.32 Å². The van der Waals surface area contributed by atoms with Gasteiger partial charge in [0.15, 0.2) is 0 Å². The zero-order valence-corrected chi connectivity index (χ0v) is 11.2. The van der Waals surface area contributed by atoms with Crippen LogP contribution in [-0.2, 0) is 9.59 Å². The van der Waals surface area contributed by atoms with Gasteiger partial charge in [0, 0.05) is 19.0 Å². The molecule has 0 radical (unpaired) electrons. The summed E-state index contributed by atoms with van der Waals surface area (Å²) in [5.41, 5.74) is 0. The first-order chi connectivity index (χ1) is 9.22. The Labute approximate surface area is 113 Å². The predicted molar refractivity (Wildman–Crippen MR) is 69.9 cm³/mol. The van der Waals surface area contributed by atoms with Crippen LogP contribution in [0.4, 0.5) is 0 Å². The van der Waals surface area contributed by atoms with Gasteiger partial charge in [0.2, 0.25) is 11.8 Å². The summed E-state index contributed by atoms with van der Waals surface area (Å²) >= 11 is 0. The van der Waals surface area contributed by atoms with Gasteiger partial charge in [-0.2, -0.15) is 5.26 Å². The predicted octanol–water partition coefficient (Wildman–Crippen LogP) is 1.20. The highest BCUT2D eigenvalue weighted by molar-refractivity contribution is 5.89. The van der Waals surface area contributed by atoms with Crippen molar-refractivity contribution in [2.75, 3.05) is 13.1 Å². The number of amides is 2. The molecular formula is C14H21N3O2. The number of rotatable bonds is 3. The Morgan fingerprint density at radius 1 is 1.32 bits per heavy atom. The second kappa shape index (κ2) is 6.55. The van der Waals surface area contributed by atoms with Crippen molar-refractivity contribution in [1.29, 1.82) is 5.26 Å². The molecule has 1 heterocycles. The molecule has 1 atom stereocenters. The molecule has 1 saturated heterocycles. The zero-order chi connectivity index (χ0) is 13.7. The van der Waals surface area contributed by atoms with Crippen LogP contribution in [0.25, 0.3) is 0 Å². The molecular weight excluding hydrogens is 242 g/mol. The Kier molecular flexibility index (Phi) is 4.78. The lowest BCUT2D eigenvalue weighted by molar-refractivity contribution is -0.130. The highest BCUT2D eigenvalue weighted by atomic mass is 16.2. The summed E-state index contributed by atoms with van der Waals surface area (Å²) < 4.78 is 0. The number of hydrogen-bond donors (Lipinski definition) is 1. The Morgan fingerprint density at radius 3 is 2.63 bits per heavy atom. The molecule has 104 valence electrons. The van der Waals surface area contributed by atoms with Crippen LogP contribution in [0.5, 0.6) is 0 Å². The van der Waals surface area contributed by atoms with Gasteiger partial charge in [0.25, 0.3) is 0 Å². The van der Waals surface area contributed by atoms with Gasteiger partial charge in [0.1, 0.15) is 6.54 Å². The quantitative estimate of drug-likeness (QED) is 0.614. The number of likely N-dealkylation sites (tertiary alicyclic amines) is 1. The third-order valence-electron chi connectivity index (χ3n) is 4.14. The molecule has 0 spiro atoms. The lowest BCUT2D eigenvalue weighted by Crippen LogP contribution is -2.38. The first kappa shape index (κ1) is 13.9. The minimum Gasteiger partial charge on any atom is -0.343 e. The maximum Gasteiger partial charge on any atom is 0.226 e. The van der Waals surface area contributed by atoms with Crippen molar-refractivity contribution in [3.05, 3.63) is 0 Å². The van der Waals surface area contributed by atoms with E-state index in [-0.39, 0.29) is 24.3 Å². The first-order valence-electron chi connectivity index (χ1n) is 7.16. The van der Waals surface area contributed by atoms with Crippen LogP contribution in [0.3, 0.4) is 0 Å². The van der Waals surface area contributed by atoms with Gasteiger partial charge in [-0.25, -0.2) is 0 Å². The van der Waals surface area contributed by atoms with Crippen LogP contribution in [-0.4, -0.2) is 35.8 Å². The van der Waals surface area contributed by atoms with Gasteiger partial charge < -0.3 is 10.2 Å². The fourth-order valence-electron chi connectivity index (χ4n) is 3.10. The molecule has 1 unspecified atom stereocenters. The van der Waals surface area contributed by atoms with Crippen LogP contribution in [0.2, 0.25) is 0 Å². The minimum atomic E-state index is -0.274. The van der Waals surface area contributed by atoms with Crippen LogP contribution in [0.1, 0.15) is 44.9 Å². The lowest BCUT2D eigenvalue weighted by atomic mass is 10.1. The van der Waals surface area contributed by atoms with Gasteiger partial charge in [0.05, 0.1) is 12.0 Å². The van der Waals surface area contributed by atoms with Crippen molar-refractivity contribution in [2.24, 2.45) is 5.92 Å². The standard InChI is InChI=1S/C14H21N3O2/c15-7-8-16-14(19)11-9-13(18)17(10-11)12-5-3-1-2-4-6-12/h11-12H,1-6,8-10H2,(H,16,19). The third kappa shape index (κ3) is 3.46. The van der Waals surface area contributed by atoms with E-state index >= 15 is 0 Å². The molecule has 2 rings (SSSR count). The molecule has 2 fully saturated rings. The third-order valence-corrected chi connectivity index (χ3v) is 4.14. The number of carbonyl (C=O) groups is 2. The van der Waals surface area contributed by atoms with Crippen molar-refractivity contribution >= 4 is 11.8 Å². The molecule has 2 amide bonds. The average Bonchev–Trinajstić information content (AvgIpc) is 2.64. The van der Waals surface area contributed by atoms with E-state index in [1.54, 1.807) is 0 Å². The van der Waals surface area contributed by atoms with Crippen molar-refractivity contribution in [3.8, 4) is 6.07 Å². The molecule has 2 aliphatic rings. The molecule has 5 heteroatoms. The second-order valence-electron chi connectivity index (χ2n) is 5.47. The van der Waals surface area contributed by atoms with Crippen molar-refractivity contribution in [1.82, 2.24) is 10.2 Å². The lowest BCUT2D eigenvalue weighted by Gasteiger charge is -2.27. The molecule has 0 aromatic rings. The Morgan fingerprint density at radius 2 is 2.00 bits per heavy atom. The number of carbonyl (C=O) groups excluding carboxylic acids is 2. The molecule has 0 bridgehead atoms. The minimum absolute atomic E-state index is 0.0208. The molecule has 0 aromatic heterocycles. The SMILES string of the molecule is N#CCNC(=O)C1CC(=O)N(C2CCCCCC2)C1. The van der Waals surface area contributed by atoms with Crippen molar-refractivity contribution in [2.45, 2.75) is 51.0 Å². The fraction of sp³-hybridized carbons (Fsp3) is 0.786. The summed E-state index contributed by atoms with van der Waals surface area (Å²) in [5, 5.41) is 11.0. The van der Waals surface area contributed by atoms with Crippen LogP contribution >= 0.6 is 0 Å². The molecule has 19 heavy (non-hydrogen) atoms. The van der Waals surface area contributed by atoms with E-state index in [0.717, 1.165) is 12.8 Å². The summed E-state index contributed by atoms with van der Waals surface area (Å²) in [6.07, 6.45) is 7.30. The van der Waals surface area contributed by atoms with E-state index < -0.39 is 0 Å². The summed E-state index contributed by atoms with van der Waals surface area (Å²) in [6, 6.07) is 2.21. The van der Waals surface area contributed by atoms with Crippen molar-refractivity contribution in [3.63, 3.8) is 0 Å². The molecule has 1 aliphatic heterocycles. The average molecular weight is 263 g/mol. The van der Waals surface area contributed by atoms with Crippen molar-refractivity contribution < 1.29 is 9.59 Å². The molecule has 1 saturated carbocycles. The van der Waals surface area contributed by atoms with Crippen LogP contribution in [0.15, 0.2) is 0 Å². The number of hydrogen-bond acceptors (Lipinski definition) is 3. The summed E-state index contributed by atoms with van der Waals surface area (Å²) in [7, 11) is 0. The van der Waals surface area contributed by atoms with E-state index in [1.807, 2.05) is 11.0 Å².